The van der Waals surface area contributed by atoms with Crippen LogP contribution in [-0.4, -0.2) is 20.3 Å². The zero-order valence-electron chi connectivity index (χ0n) is 10.0. The smallest absolute Gasteiger partial charge is 0.146 e. The summed E-state index contributed by atoms with van der Waals surface area (Å²) < 4.78 is 1.99. The van der Waals surface area contributed by atoms with E-state index in [-0.39, 0.29) is 5.78 Å². The van der Waals surface area contributed by atoms with Crippen molar-refractivity contribution in [1.82, 2.24) is 14.5 Å². The van der Waals surface area contributed by atoms with Gasteiger partial charge < -0.3 is 4.57 Å². The van der Waals surface area contributed by atoms with Crippen LogP contribution in [0.15, 0.2) is 17.8 Å². The van der Waals surface area contributed by atoms with E-state index in [2.05, 4.69) is 9.97 Å². The Morgan fingerprint density at radius 1 is 1.47 bits per heavy atom. The van der Waals surface area contributed by atoms with E-state index in [0.717, 1.165) is 23.1 Å². The Hall–Kier alpha value is -1.49. The van der Waals surface area contributed by atoms with Crippen molar-refractivity contribution in [2.24, 2.45) is 0 Å². The molecule has 0 fully saturated rings. The van der Waals surface area contributed by atoms with Crippen LogP contribution in [0, 0.1) is 6.92 Å². The second-order valence-electron chi connectivity index (χ2n) is 3.88. The Kier molecular flexibility index (Phi) is 3.68. The van der Waals surface area contributed by atoms with Crippen LogP contribution in [0.3, 0.4) is 0 Å². The van der Waals surface area contributed by atoms with Crippen LogP contribution in [0.5, 0.6) is 0 Å². The number of carbonyl (C=O) groups is 1. The highest BCUT2D eigenvalue weighted by Crippen LogP contribution is 2.10. The van der Waals surface area contributed by atoms with Gasteiger partial charge in [0.2, 0.25) is 0 Å². The molecule has 0 saturated heterocycles. The fourth-order valence-corrected chi connectivity index (χ4v) is 2.34. The third-order valence-electron chi connectivity index (χ3n) is 2.54. The molecule has 0 spiro atoms. The molecule has 0 unspecified atom stereocenters. The average Bonchev–Trinajstić information content (AvgIpc) is 2.87. The SMILES string of the molecule is CCn1ccnc1CC(=O)Cc1csc(C)n1. The summed E-state index contributed by atoms with van der Waals surface area (Å²) in [4.78, 5) is 20.4. The summed E-state index contributed by atoms with van der Waals surface area (Å²) in [5.74, 6) is 1.00. The van der Waals surface area contributed by atoms with Gasteiger partial charge in [-0.15, -0.1) is 11.3 Å². The summed E-state index contributed by atoms with van der Waals surface area (Å²) in [6.07, 6.45) is 4.42. The molecule has 2 heterocycles. The molecule has 0 bridgehead atoms. The van der Waals surface area contributed by atoms with Crippen molar-refractivity contribution in [1.29, 1.82) is 0 Å². The van der Waals surface area contributed by atoms with Gasteiger partial charge >= 0.3 is 0 Å². The maximum absolute atomic E-state index is 11.9. The molecule has 5 heteroatoms. The van der Waals surface area contributed by atoms with E-state index in [1.807, 2.05) is 30.0 Å². The Labute approximate surface area is 104 Å². The molecule has 2 aromatic rings. The number of hydrogen-bond donors (Lipinski definition) is 0. The monoisotopic (exact) mass is 249 g/mol. The number of Topliss-reactive ketones (excluding diaryl/α,β-unsaturated/α-hetero) is 1. The molecular weight excluding hydrogens is 234 g/mol. The molecule has 0 aliphatic heterocycles. The van der Waals surface area contributed by atoms with E-state index in [1.165, 1.54) is 0 Å². The first kappa shape index (κ1) is 12.0. The van der Waals surface area contributed by atoms with E-state index in [1.54, 1.807) is 17.5 Å². The van der Waals surface area contributed by atoms with E-state index < -0.39 is 0 Å². The van der Waals surface area contributed by atoms with Crippen LogP contribution in [0.25, 0.3) is 0 Å². The highest BCUT2D eigenvalue weighted by atomic mass is 32.1. The van der Waals surface area contributed by atoms with Crippen molar-refractivity contribution in [2.75, 3.05) is 0 Å². The number of nitrogens with zero attached hydrogens (tertiary/aromatic N) is 3. The van der Waals surface area contributed by atoms with Gasteiger partial charge in [0, 0.05) is 30.7 Å². The van der Waals surface area contributed by atoms with Crippen molar-refractivity contribution < 1.29 is 4.79 Å². The Morgan fingerprint density at radius 3 is 2.94 bits per heavy atom. The quantitative estimate of drug-likeness (QED) is 0.814. The normalized spacial score (nSPS) is 10.7. The number of carbonyl (C=O) groups excluding carboxylic acids is 1. The van der Waals surface area contributed by atoms with Crippen LogP contribution >= 0.6 is 11.3 Å². The van der Waals surface area contributed by atoms with Crippen LogP contribution in [0.4, 0.5) is 0 Å². The number of rotatable bonds is 5. The minimum Gasteiger partial charge on any atom is -0.335 e. The third-order valence-corrected chi connectivity index (χ3v) is 3.36. The second-order valence-corrected chi connectivity index (χ2v) is 4.94. The molecule has 2 aromatic heterocycles. The highest BCUT2D eigenvalue weighted by molar-refractivity contribution is 7.09. The van der Waals surface area contributed by atoms with E-state index in [0.29, 0.717) is 12.8 Å². The van der Waals surface area contributed by atoms with Crippen LogP contribution in [-0.2, 0) is 24.2 Å². The summed E-state index contributed by atoms with van der Waals surface area (Å²) in [6, 6.07) is 0. The molecule has 2 rings (SSSR count). The Bertz CT molecular complexity index is 515. The molecule has 0 atom stereocenters. The van der Waals surface area contributed by atoms with E-state index >= 15 is 0 Å². The first-order chi connectivity index (χ1) is 8.19. The molecule has 0 N–H and O–H groups in total. The first-order valence-corrected chi connectivity index (χ1v) is 6.49. The lowest BCUT2D eigenvalue weighted by Crippen LogP contribution is -2.11. The highest BCUT2D eigenvalue weighted by Gasteiger charge is 2.10. The predicted octanol–water partition coefficient (Wildman–Crippen LogP) is 2.02. The maximum atomic E-state index is 11.9. The lowest BCUT2D eigenvalue weighted by molar-refractivity contribution is -0.118. The fourth-order valence-electron chi connectivity index (χ4n) is 1.73. The van der Waals surface area contributed by atoms with Gasteiger partial charge in [0.25, 0.3) is 0 Å². The Balaban J connectivity index is 1.98. The molecule has 0 amide bonds. The second kappa shape index (κ2) is 5.23. The molecule has 0 aliphatic carbocycles. The molecule has 4 nitrogen and oxygen atoms in total. The topological polar surface area (TPSA) is 47.8 Å². The third kappa shape index (κ3) is 3.00. The van der Waals surface area contributed by atoms with Crippen molar-refractivity contribution in [3.8, 4) is 0 Å². The largest absolute Gasteiger partial charge is 0.335 e. The standard InChI is InChI=1S/C12H15N3OS/c1-3-15-5-4-13-12(15)7-11(16)6-10-8-17-9(2)14-10/h4-5,8H,3,6-7H2,1-2H3. The van der Waals surface area contributed by atoms with Gasteiger partial charge in [0.15, 0.2) is 0 Å². The molecule has 0 aromatic carbocycles. The summed E-state index contributed by atoms with van der Waals surface area (Å²) in [6.45, 7) is 4.83. The van der Waals surface area contributed by atoms with Crippen LogP contribution in [0.2, 0.25) is 0 Å². The predicted molar refractivity (Wildman–Crippen MR) is 67.2 cm³/mol. The van der Waals surface area contributed by atoms with Gasteiger partial charge in [0.05, 0.1) is 17.1 Å². The zero-order valence-corrected chi connectivity index (χ0v) is 10.8. The van der Waals surface area contributed by atoms with Crippen molar-refractivity contribution >= 4 is 17.1 Å². The maximum Gasteiger partial charge on any atom is 0.146 e. The number of ketones is 1. The minimum absolute atomic E-state index is 0.163. The van der Waals surface area contributed by atoms with Gasteiger partial charge in [-0.05, 0) is 13.8 Å². The molecule has 0 saturated carbocycles. The fraction of sp³-hybridized carbons (Fsp3) is 0.417. The number of aryl methyl sites for hydroxylation is 2. The van der Waals surface area contributed by atoms with Crippen molar-refractivity contribution in [3.05, 3.63) is 34.3 Å². The summed E-state index contributed by atoms with van der Waals surface area (Å²) in [5.41, 5.74) is 0.868. The van der Waals surface area contributed by atoms with E-state index in [9.17, 15) is 4.79 Å². The summed E-state index contributed by atoms with van der Waals surface area (Å²) >= 11 is 1.58. The zero-order chi connectivity index (χ0) is 12.3. The Morgan fingerprint density at radius 2 is 2.29 bits per heavy atom. The van der Waals surface area contributed by atoms with E-state index in [4.69, 9.17) is 0 Å². The molecule has 0 radical (unpaired) electrons. The van der Waals surface area contributed by atoms with Gasteiger partial charge in [-0.3, -0.25) is 4.79 Å². The van der Waals surface area contributed by atoms with Gasteiger partial charge in [-0.1, -0.05) is 0 Å². The molecule has 90 valence electrons. The molecule has 17 heavy (non-hydrogen) atoms. The molecular formula is C12H15N3OS. The number of hydrogen-bond acceptors (Lipinski definition) is 4. The number of imidazole rings is 1. The summed E-state index contributed by atoms with van der Waals surface area (Å²) in [7, 11) is 0. The number of aromatic nitrogens is 3. The van der Waals surface area contributed by atoms with Crippen LogP contribution in [0.1, 0.15) is 23.4 Å². The average molecular weight is 249 g/mol. The van der Waals surface area contributed by atoms with Crippen LogP contribution < -0.4 is 0 Å². The molecule has 0 aliphatic rings. The summed E-state index contributed by atoms with van der Waals surface area (Å²) in [5, 5.41) is 2.95. The van der Waals surface area contributed by atoms with Gasteiger partial charge in [-0.2, -0.15) is 0 Å². The van der Waals surface area contributed by atoms with Crippen molar-refractivity contribution in [2.45, 2.75) is 33.2 Å². The first-order valence-electron chi connectivity index (χ1n) is 5.61. The van der Waals surface area contributed by atoms with Gasteiger partial charge in [-0.25, -0.2) is 9.97 Å². The lowest BCUT2D eigenvalue weighted by Gasteiger charge is -2.03. The number of thiazole rings is 1. The minimum atomic E-state index is 0.163. The lowest BCUT2D eigenvalue weighted by atomic mass is 10.2. The van der Waals surface area contributed by atoms with Crippen molar-refractivity contribution in [3.63, 3.8) is 0 Å². The van der Waals surface area contributed by atoms with Gasteiger partial charge in [0.1, 0.15) is 11.6 Å².